The first-order valence-electron chi connectivity index (χ1n) is 6.74. The van der Waals surface area contributed by atoms with Gasteiger partial charge in [0.15, 0.2) is 0 Å². The van der Waals surface area contributed by atoms with Crippen molar-refractivity contribution >= 4 is 51.2 Å². The van der Waals surface area contributed by atoms with E-state index in [1.807, 2.05) is 17.5 Å². The van der Waals surface area contributed by atoms with Crippen LogP contribution in [-0.2, 0) is 16.0 Å². The molecule has 0 bridgehead atoms. The maximum absolute atomic E-state index is 11.4. The minimum absolute atomic E-state index is 0.186. The normalized spacial score (nSPS) is 10.9. The van der Waals surface area contributed by atoms with E-state index in [2.05, 4.69) is 51.1 Å². The van der Waals surface area contributed by atoms with Crippen molar-refractivity contribution in [1.29, 1.82) is 0 Å². The molecule has 5 nitrogen and oxygen atoms in total. The van der Waals surface area contributed by atoms with Crippen LogP contribution in [0.2, 0.25) is 0 Å². The van der Waals surface area contributed by atoms with Gasteiger partial charge in [0.05, 0.1) is 24.9 Å². The Balaban J connectivity index is 1.94. The summed E-state index contributed by atoms with van der Waals surface area (Å²) in [7, 11) is 0. The number of hydrazone groups is 1. The standard InChI is InChI=1S/C15H16IN3O2S/c1-3-21-14(20)7-12-9-22-15(18-12)19-17-8-11-5-4-6-13(16)10(11)2/h4-6,8-9H,3,7H2,1-2H3,(H,18,19). The zero-order chi connectivity index (χ0) is 15.9. The highest BCUT2D eigenvalue weighted by Gasteiger charge is 2.07. The Labute approximate surface area is 146 Å². The predicted octanol–water partition coefficient (Wildman–Crippen LogP) is 3.61. The molecule has 0 aliphatic heterocycles. The van der Waals surface area contributed by atoms with Crippen molar-refractivity contribution in [2.75, 3.05) is 12.0 Å². The van der Waals surface area contributed by atoms with Crippen LogP contribution in [0, 0.1) is 10.5 Å². The number of nitrogens with zero attached hydrogens (tertiary/aromatic N) is 2. The number of carbonyl (C=O) groups is 1. The minimum atomic E-state index is -0.266. The highest BCUT2D eigenvalue weighted by Crippen LogP contribution is 2.17. The van der Waals surface area contributed by atoms with Crippen LogP contribution < -0.4 is 5.43 Å². The Kier molecular flexibility index (Phi) is 6.32. The largest absolute Gasteiger partial charge is 0.466 e. The third-order valence-electron chi connectivity index (χ3n) is 2.86. The molecule has 0 fully saturated rings. The SMILES string of the molecule is CCOC(=O)Cc1csc(NN=Cc2cccc(I)c2C)n1. The molecule has 0 saturated heterocycles. The van der Waals surface area contributed by atoms with Crippen LogP contribution in [0.15, 0.2) is 28.7 Å². The van der Waals surface area contributed by atoms with Gasteiger partial charge in [-0.15, -0.1) is 11.3 Å². The quantitative estimate of drug-likeness (QED) is 0.330. The van der Waals surface area contributed by atoms with Crippen LogP contribution in [0.25, 0.3) is 0 Å². The minimum Gasteiger partial charge on any atom is -0.466 e. The van der Waals surface area contributed by atoms with E-state index in [9.17, 15) is 4.79 Å². The number of aromatic nitrogens is 1. The van der Waals surface area contributed by atoms with Crippen LogP contribution in [0.3, 0.4) is 0 Å². The summed E-state index contributed by atoms with van der Waals surface area (Å²) in [6.45, 7) is 4.23. The van der Waals surface area contributed by atoms with E-state index in [1.165, 1.54) is 20.5 Å². The Morgan fingerprint density at radius 3 is 3.14 bits per heavy atom. The van der Waals surface area contributed by atoms with Gasteiger partial charge >= 0.3 is 5.97 Å². The average Bonchev–Trinajstić information content (AvgIpc) is 2.91. The molecule has 1 heterocycles. The number of benzene rings is 1. The van der Waals surface area contributed by atoms with Gasteiger partial charge in [0.1, 0.15) is 0 Å². The third kappa shape index (κ3) is 4.77. The summed E-state index contributed by atoms with van der Waals surface area (Å²) in [6.07, 6.45) is 1.95. The first kappa shape index (κ1) is 16.9. The van der Waals surface area contributed by atoms with Crippen LogP contribution >= 0.6 is 33.9 Å². The van der Waals surface area contributed by atoms with Gasteiger partial charge in [-0.1, -0.05) is 12.1 Å². The second-order valence-electron chi connectivity index (χ2n) is 4.45. The smallest absolute Gasteiger partial charge is 0.311 e. The van der Waals surface area contributed by atoms with Crippen LogP contribution in [0.4, 0.5) is 5.13 Å². The van der Waals surface area contributed by atoms with Crippen molar-refractivity contribution in [3.05, 3.63) is 44.0 Å². The van der Waals surface area contributed by atoms with Crippen molar-refractivity contribution < 1.29 is 9.53 Å². The Morgan fingerprint density at radius 2 is 2.36 bits per heavy atom. The molecule has 1 aromatic heterocycles. The summed E-state index contributed by atoms with van der Waals surface area (Å²) in [5, 5.41) is 6.67. The summed E-state index contributed by atoms with van der Waals surface area (Å²) in [4.78, 5) is 15.7. The second kappa shape index (κ2) is 8.23. The highest BCUT2D eigenvalue weighted by atomic mass is 127. The van der Waals surface area contributed by atoms with Gasteiger partial charge in [-0.2, -0.15) is 5.10 Å². The van der Waals surface area contributed by atoms with Gasteiger partial charge < -0.3 is 4.74 Å². The third-order valence-corrected chi connectivity index (χ3v) is 4.82. The van der Waals surface area contributed by atoms with Gasteiger partial charge in [-0.25, -0.2) is 4.98 Å². The highest BCUT2D eigenvalue weighted by molar-refractivity contribution is 14.1. The summed E-state index contributed by atoms with van der Waals surface area (Å²) >= 11 is 3.71. The molecule has 2 rings (SSSR count). The Hall–Kier alpha value is -1.48. The Morgan fingerprint density at radius 1 is 1.55 bits per heavy atom. The van der Waals surface area contributed by atoms with Crippen LogP contribution in [-0.4, -0.2) is 23.8 Å². The fourth-order valence-electron chi connectivity index (χ4n) is 1.72. The molecule has 0 radical (unpaired) electrons. The summed E-state index contributed by atoms with van der Waals surface area (Å²) < 4.78 is 6.09. The molecular weight excluding hydrogens is 413 g/mol. The molecule has 0 aliphatic rings. The van der Waals surface area contributed by atoms with E-state index < -0.39 is 0 Å². The molecule has 0 aliphatic carbocycles. The number of anilines is 1. The van der Waals surface area contributed by atoms with Gasteiger partial charge in [0, 0.05) is 8.95 Å². The van der Waals surface area contributed by atoms with E-state index in [1.54, 1.807) is 13.1 Å². The molecule has 0 amide bonds. The number of hydrogen-bond acceptors (Lipinski definition) is 6. The molecule has 1 N–H and O–H groups in total. The van der Waals surface area contributed by atoms with E-state index in [0.717, 1.165) is 5.56 Å². The zero-order valence-corrected chi connectivity index (χ0v) is 15.3. The fourth-order valence-corrected chi connectivity index (χ4v) is 2.90. The number of halogens is 1. The van der Waals surface area contributed by atoms with Crippen LogP contribution in [0.5, 0.6) is 0 Å². The molecule has 0 unspecified atom stereocenters. The average molecular weight is 429 g/mol. The van der Waals surface area contributed by atoms with Crippen molar-refractivity contribution in [3.63, 3.8) is 0 Å². The molecular formula is C15H16IN3O2S. The monoisotopic (exact) mass is 429 g/mol. The molecule has 1 aromatic carbocycles. The molecule has 116 valence electrons. The molecule has 0 atom stereocenters. The van der Waals surface area contributed by atoms with Crippen molar-refractivity contribution in [1.82, 2.24) is 4.98 Å². The lowest BCUT2D eigenvalue weighted by atomic mass is 10.1. The molecule has 22 heavy (non-hydrogen) atoms. The van der Waals surface area contributed by atoms with Gasteiger partial charge in [0.2, 0.25) is 5.13 Å². The number of carbonyl (C=O) groups excluding carboxylic acids is 1. The first-order chi connectivity index (χ1) is 10.6. The molecule has 0 spiro atoms. The van der Waals surface area contributed by atoms with Crippen LogP contribution in [0.1, 0.15) is 23.7 Å². The maximum atomic E-state index is 11.4. The van der Waals surface area contributed by atoms with Gasteiger partial charge in [0.25, 0.3) is 0 Å². The van der Waals surface area contributed by atoms with E-state index >= 15 is 0 Å². The molecule has 2 aromatic rings. The molecule has 0 saturated carbocycles. The van der Waals surface area contributed by atoms with E-state index in [4.69, 9.17) is 4.74 Å². The first-order valence-corrected chi connectivity index (χ1v) is 8.70. The lowest BCUT2D eigenvalue weighted by Gasteiger charge is -2.01. The number of thiazole rings is 1. The fraction of sp³-hybridized carbons (Fsp3) is 0.267. The van der Waals surface area contributed by atoms with Crippen molar-refractivity contribution in [2.45, 2.75) is 20.3 Å². The number of nitrogens with one attached hydrogen (secondary N) is 1. The van der Waals surface area contributed by atoms with E-state index in [0.29, 0.717) is 17.4 Å². The predicted molar refractivity (Wildman–Crippen MR) is 97.6 cm³/mol. The van der Waals surface area contributed by atoms with Gasteiger partial charge in [-0.3, -0.25) is 10.2 Å². The summed E-state index contributed by atoms with van der Waals surface area (Å²) in [5.41, 5.74) is 5.82. The second-order valence-corrected chi connectivity index (χ2v) is 6.47. The van der Waals surface area contributed by atoms with Crippen molar-refractivity contribution in [2.24, 2.45) is 5.10 Å². The van der Waals surface area contributed by atoms with Crippen molar-refractivity contribution in [3.8, 4) is 0 Å². The van der Waals surface area contributed by atoms with Gasteiger partial charge in [-0.05, 0) is 53.6 Å². The lowest BCUT2D eigenvalue weighted by molar-refractivity contribution is -0.142. The molecule has 7 heteroatoms. The number of esters is 1. The Bertz CT molecular complexity index is 685. The maximum Gasteiger partial charge on any atom is 0.311 e. The number of hydrogen-bond donors (Lipinski definition) is 1. The number of ether oxygens (including phenoxy) is 1. The topological polar surface area (TPSA) is 63.6 Å². The summed E-state index contributed by atoms with van der Waals surface area (Å²) in [5.74, 6) is -0.266. The zero-order valence-electron chi connectivity index (χ0n) is 12.3. The summed E-state index contributed by atoms with van der Waals surface area (Å²) in [6, 6.07) is 6.07. The number of rotatable bonds is 6. The van der Waals surface area contributed by atoms with E-state index in [-0.39, 0.29) is 12.4 Å². The lowest BCUT2D eigenvalue weighted by Crippen LogP contribution is -2.07.